The van der Waals surface area contributed by atoms with Crippen LogP contribution in [0.5, 0.6) is 0 Å². The largest absolute Gasteiger partial charge is 0.382 e. The smallest absolute Gasteiger partial charge is 0.106 e. The van der Waals surface area contributed by atoms with Gasteiger partial charge in [-0.25, -0.2) is 0 Å². The summed E-state index contributed by atoms with van der Waals surface area (Å²) in [6.07, 6.45) is 0.814. The van der Waals surface area contributed by atoms with Crippen LogP contribution in [0.1, 0.15) is 34.1 Å². The van der Waals surface area contributed by atoms with Gasteiger partial charge in [-0.3, -0.25) is 5.32 Å². The van der Waals surface area contributed by atoms with Crippen LogP contribution in [0.25, 0.3) is 0 Å². The summed E-state index contributed by atoms with van der Waals surface area (Å²) in [7, 11) is 1.66. The second-order valence-corrected chi connectivity index (χ2v) is 3.99. The highest BCUT2D eigenvalue weighted by Crippen LogP contribution is 2.13. The van der Waals surface area contributed by atoms with E-state index in [0.29, 0.717) is 12.5 Å². The molecule has 2 atom stereocenters. The van der Waals surface area contributed by atoms with Gasteiger partial charge in [0.1, 0.15) is 5.54 Å². The molecule has 0 aliphatic carbocycles. The van der Waals surface area contributed by atoms with Gasteiger partial charge in [-0.1, -0.05) is 0 Å². The molecule has 0 radical (unpaired) electrons. The number of hydrogen-bond acceptors (Lipinski definition) is 3. The van der Waals surface area contributed by atoms with Crippen LogP contribution in [0, 0.1) is 11.3 Å². The highest BCUT2D eigenvalue weighted by molar-refractivity contribution is 5.05. The maximum atomic E-state index is 9.01. The molecule has 0 aliphatic rings. The van der Waals surface area contributed by atoms with E-state index in [2.05, 4.69) is 11.4 Å². The van der Waals surface area contributed by atoms with Crippen LogP contribution < -0.4 is 5.32 Å². The Morgan fingerprint density at radius 2 is 2.00 bits per heavy atom. The van der Waals surface area contributed by atoms with E-state index in [9.17, 15) is 0 Å². The Labute approximate surface area is 81.1 Å². The lowest BCUT2D eigenvalue weighted by atomic mass is 9.95. The third kappa shape index (κ3) is 4.87. The first kappa shape index (κ1) is 12.4. The second-order valence-electron chi connectivity index (χ2n) is 3.99. The molecule has 0 spiro atoms. The Bertz CT molecular complexity index is 186. The minimum atomic E-state index is -0.483. The summed E-state index contributed by atoms with van der Waals surface area (Å²) in [4.78, 5) is 0. The number of nitrogens with zero attached hydrogens (tertiary/aromatic N) is 1. The van der Waals surface area contributed by atoms with E-state index in [1.807, 2.05) is 27.7 Å². The number of ether oxygens (including phenoxy) is 1. The van der Waals surface area contributed by atoms with Crippen molar-refractivity contribution in [3.8, 4) is 6.07 Å². The molecule has 0 heterocycles. The summed E-state index contributed by atoms with van der Waals surface area (Å²) in [5.41, 5.74) is -0.483. The van der Waals surface area contributed by atoms with Crippen molar-refractivity contribution in [2.75, 3.05) is 7.11 Å². The quantitative estimate of drug-likeness (QED) is 0.707. The Morgan fingerprint density at radius 1 is 1.46 bits per heavy atom. The maximum Gasteiger partial charge on any atom is 0.106 e. The summed E-state index contributed by atoms with van der Waals surface area (Å²) in [6, 6.07) is 2.60. The molecule has 0 aromatic rings. The number of nitrogens with one attached hydrogen (secondary N) is 1. The molecular weight excluding hydrogens is 164 g/mol. The predicted octanol–water partition coefficient (Wildman–Crippen LogP) is 1.69. The van der Waals surface area contributed by atoms with E-state index in [1.54, 1.807) is 7.11 Å². The minimum Gasteiger partial charge on any atom is -0.382 e. The Kier molecular flexibility index (Phi) is 4.97. The SMILES string of the molecule is COC(C)CC(C)(C#N)NC(C)C. The fourth-order valence-electron chi connectivity index (χ4n) is 1.43. The van der Waals surface area contributed by atoms with E-state index < -0.39 is 5.54 Å². The average molecular weight is 184 g/mol. The van der Waals surface area contributed by atoms with Crippen molar-refractivity contribution in [3.63, 3.8) is 0 Å². The van der Waals surface area contributed by atoms with Crippen LogP contribution in [-0.4, -0.2) is 24.8 Å². The van der Waals surface area contributed by atoms with Gasteiger partial charge < -0.3 is 4.74 Å². The fraction of sp³-hybridized carbons (Fsp3) is 0.900. The van der Waals surface area contributed by atoms with Crippen molar-refractivity contribution in [2.24, 2.45) is 0 Å². The molecule has 2 unspecified atom stereocenters. The number of rotatable bonds is 5. The highest BCUT2D eigenvalue weighted by atomic mass is 16.5. The number of methoxy groups -OCH3 is 1. The first-order valence-electron chi connectivity index (χ1n) is 4.65. The van der Waals surface area contributed by atoms with Gasteiger partial charge in [-0.15, -0.1) is 0 Å². The zero-order chi connectivity index (χ0) is 10.5. The summed E-state index contributed by atoms with van der Waals surface area (Å²) in [5.74, 6) is 0. The van der Waals surface area contributed by atoms with Crippen LogP contribution in [0.15, 0.2) is 0 Å². The second kappa shape index (κ2) is 5.21. The molecule has 76 valence electrons. The zero-order valence-corrected chi connectivity index (χ0v) is 9.22. The molecule has 13 heavy (non-hydrogen) atoms. The van der Waals surface area contributed by atoms with Gasteiger partial charge in [0.15, 0.2) is 0 Å². The molecule has 0 bridgehead atoms. The normalized spacial score (nSPS) is 17.9. The first-order chi connectivity index (χ1) is 5.93. The van der Waals surface area contributed by atoms with Crippen molar-refractivity contribution in [1.82, 2.24) is 5.32 Å². The summed E-state index contributed by atoms with van der Waals surface area (Å²) in [5, 5.41) is 12.2. The molecular formula is C10H20N2O. The first-order valence-corrected chi connectivity index (χ1v) is 4.65. The monoisotopic (exact) mass is 184 g/mol. The average Bonchev–Trinajstić information content (AvgIpc) is 2.02. The number of nitriles is 1. The standard InChI is InChI=1S/C10H20N2O/c1-8(2)12-10(4,7-11)6-9(3)13-5/h8-9,12H,6H2,1-5H3. The minimum absolute atomic E-state index is 0.107. The van der Waals surface area contributed by atoms with Crippen LogP contribution >= 0.6 is 0 Å². The van der Waals surface area contributed by atoms with Gasteiger partial charge in [0.25, 0.3) is 0 Å². The molecule has 0 aromatic heterocycles. The van der Waals surface area contributed by atoms with Crippen molar-refractivity contribution >= 4 is 0 Å². The molecule has 0 rings (SSSR count). The third-order valence-corrected chi connectivity index (χ3v) is 1.95. The van der Waals surface area contributed by atoms with Gasteiger partial charge in [0.05, 0.1) is 12.2 Å². The van der Waals surface area contributed by atoms with Crippen LogP contribution in [0.2, 0.25) is 0 Å². The molecule has 0 amide bonds. The Hall–Kier alpha value is -0.590. The lowest BCUT2D eigenvalue weighted by Gasteiger charge is -2.28. The fourth-order valence-corrected chi connectivity index (χ4v) is 1.43. The van der Waals surface area contributed by atoms with Crippen molar-refractivity contribution < 1.29 is 4.74 Å². The van der Waals surface area contributed by atoms with Crippen molar-refractivity contribution in [2.45, 2.75) is 51.8 Å². The molecule has 0 aromatic carbocycles. The molecule has 0 fully saturated rings. The van der Waals surface area contributed by atoms with Crippen molar-refractivity contribution in [3.05, 3.63) is 0 Å². The molecule has 1 N–H and O–H groups in total. The third-order valence-electron chi connectivity index (χ3n) is 1.95. The molecule has 0 aliphatic heterocycles. The maximum absolute atomic E-state index is 9.01. The summed E-state index contributed by atoms with van der Waals surface area (Å²) < 4.78 is 5.14. The lowest BCUT2D eigenvalue weighted by Crippen LogP contribution is -2.47. The Morgan fingerprint density at radius 3 is 2.31 bits per heavy atom. The number of hydrogen-bond donors (Lipinski definition) is 1. The zero-order valence-electron chi connectivity index (χ0n) is 9.22. The van der Waals surface area contributed by atoms with Crippen LogP contribution in [0.3, 0.4) is 0 Å². The van der Waals surface area contributed by atoms with E-state index in [4.69, 9.17) is 10.00 Å². The van der Waals surface area contributed by atoms with Crippen LogP contribution in [0.4, 0.5) is 0 Å². The molecule has 0 saturated heterocycles. The highest BCUT2D eigenvalue weighted by Gasteiger charge is 2.26. The van der Waals surface area contributed by atoms with Gasteiger partial charge >= 0.3 is 0 Å². The Balaban J connectivity index is 4.21. The van der Waals surface area contributed by atoms with E-state index >= 15 is 0 Å². The molecule has 3 nitrogen and oxygen atoms in total. The van der Waals surface area contributed by atoms with E-state index in [-0.39, 0.29) is 6.10 Å². The van der Waals surface area contributed by atoms with Gasteiger partial charge in [-0.2, -0.15) is 5.26 Å². The molecule has 3 heteroatoms. The summed E-state index contributed by atoms with van der Waals surface area (Å²) in [6.45, 7) is 7.94. The van der Waals surface area contributed by atoms with Gasteiger partial charge in [-0.05, 0) is 27.7 Å². The van der Waals surface area contributed by atoms with E-state index in [0.717, 1.165) is 0 Å². The van der Waals surface area contributed by atoms with E-state index in [1.165, 1.54) is 0 Å². The summed E-state index contributed by atoms with van der Waals surface area (Å²) >= 11 is 0. The van der Waals surface area contributed by atoms with Gasteiger partial charge in [0, 0.05) is 19.6 Å². The predicted molar refractivity (Wildman–Crippen MR) is 53.4 cm³/mol. The molecule has 0 saturated carbocycles. The van der Waals surface area contributed by atoms with Crippen molar-refractivity contribution in [1.29, 1.82) is 5.26 Å². The topological polar surface area (TPSA) is 45.0 Å². The lowest BCUT2D eigenvalue weighted by molar-refractivity contribution is 0.0916. The van der Waals surface area contributed by atoms with Crippen LogP contribution in [-0.2, 0) is 4.74 Å². The van der Waals surface area contributed by atoms with Gasteiger partial charge in [0.2, 0.25) is 0 Å².